The van der Waals surface area contributed by atoms with Crippen LogP contribution in [0.1, 0.15) is 26.7 Å². The van der Waals surface area contributed by atoms with Crippen LogP contribution >= 0.6 is 0 Å². The van der Waals surface area contributed by atoms with Crippen molar-refractivity contribution >= 4 is 10.9 Å². The van der Waals surface area contributed by atoms with E-state index in [4.69, 9.17) is 23.7 Å². The number of aromatic amines is 1. The van der Waals surface area contributed by atoms with Crippen molar-refractivity contribution in [1.82, 2.24) is 9.97 Å². The molecule has 0 bridgehead atoms. The third-order valence-corrected chi connectivity index (χ3v) is 4.65. The molecule has 4 rings (SSSR count). The summed E-state index contributed by atoms with van der Waals surface area (Å²) in [5, 5.41) is 0.429. The molecule has 0 unspecified atom stereocenters. The summed E-state index contributed by atoms with van der Waals surface area (Å²) in [4.78, 5) is 19.2. The molecule has 2 fully saturated rings. The molecule has 2 aromatic rings. The average Bonchev–Trinajstić information content (AvgIpc) is 3.00. The van der Waals surface area contributed by atoms with Crippen LogP contribution in [0.25, 0.3) is 10.9 Å². The number of rotatable bonds is 5. The van der Waals surface area contributed by atoms with Gasteiger partial charge in [0.2, 0.25) is 0 Å². The maximum atomic E-state index is 12.3. The van der Waals surface area contributed by atoms with E-state index < -0.39 is 5.79 Å². The molecule has 8 nitrogen and oxygen atoms in total. The third-order valence-electron chi connectivity index (χ3n) is 4.65. The Hall–Kier alpha value is -2.16. The third kappa shape index (κ3) is 4.23. The van der Waals surface area contributed by atoms with Crippen molar-refractivity contribution in [2.75, 3.05) is 26.4 Å². The zero-order valence-corrected chi connectivity index (χ0v) is 15.5. The first-order valence-electron chi connectivity index (χ1n) is 9.20. The van der Waals surface area contributed by atoms with Gasteiger partial charge in [-0.3, -0.25) is 4.79 Å². The van der Waals surface area contributed by atoms with Crippen molar-refractivity contribution in [3.8, 4) is 11.5 Å². The fourth-order valence-corrected chi connectivity index (χ4v) is 3.32. The summed E-state index contributed by atoms with van der Waals surface area (Å²) in [5.41, 5.74) is 0.296. The van der Waals surface area contributed by atoms with Gasteiger partial charge in [-0.05, 0) is 13.8 Å². The van der Waals surface area contributed by atoms with E-state index >= 15 is 0 Å². The van der Waals surface area contributed by atoms with Gasteiger partial charge in [0.1, 0.15) is 35.7 Å². The Kier molecular flexibility index (Phi) is 5.03. The van der Waals surface area contributed by atoms with Crippen LogP contribution in [0.4, 0.5) is 0 Å². The SMILES string of the molecule is CC1(C)OC[C@H](COc2cc(OC3CCOCC3)c3c(=O)[nH]cnc3c2)O1. The number of nitrogens with zero attached hydrogens (tertiary/aromatic N) is 1. The molecule has 2 aliphatic rings. The highest BCUT2D eigenvalue weighted by molar-refractivity contribution is 5.85. The Morgan fingerprint density at radius 1 is 1.30 bits per heavy atom. The Labute approximate surface area is 156 Å². The Morgan fingerprint density at radius 2 is 2.11 bits per heavy atom. The van der Waals surface area contributed by atoms with Crippen LogP contribution in [0.2, 0.25) is 0 Å². The topological polar surface area (TPSA) is 91.9 Å². The summed E-state index contributed by atoms with van der Waals surface area (Å²) >= 11 is 0. The molecule has 0 aliphatic carbocycles. The summed E-state index contributed by atoms with van der Waals surface area (Å²) in [6.45, 7) is 5.88. The highest BCUT2D eigenvalue weighted by Gasteiger charge is 2.33. The van der Waals surface area contributed by atoms with E-state index in [-0.39, 0.29) is 17.8 Å². The van der Waals surface area contributed by atoms with Crippen LogP contribution in [0.5, 0.6) is 11.5 Å². The van der Waals surface area contributed by atoms with Gasteiger partial charge >= 0.3 is 0 Å². The molecule has 0 radical (unpaired) electrons. The second-order valence-corrected chi connectivity index (χ2v) is 7.24. The van der Waals surface area contributed by atoms with Gasteiger partial charge in [-0.2, -0.15) is 0 Å². The molecule has 3 heterocycles. The van der Waals surface area contributed by atoms with Gasteiger partial charge in [-0.1, -0.05) is 0 Å². The van der Waals surface area contributed by atoms with E-state index in [1.54, 1.807) is 12.1 Å². The molecule has 27 heavy (non-hydrogen) atoms. The number of aromatic nitrogens is 2. The zero-order valence-electron chi connectivity index (χ0n) is 15.5. The molecular formula is C19H24N2O6. The fourth-order valence-electron chi connectivity index (χ4n) is 3.32. The van der Waals surface area contributed by atoms with Crippen LogP contribution in [-0.4, -0.2) is 54.4 Å². The molecule has 2 aliphatic heterocycles. The molecule has 1 aromatic heterocycles. The molecule has 1 atom stereocenters. The normalized spacial score (nSPS) is 22.8. The highest BCUT2D eigenvalue weighted by Crippen LogP contribution is 2.31. The number of ether oxygens (including phenoxy) is 5. The lowest BCUT2D eigenvalue weighted by molar-refractivity contribution is -0.141. The Balaban J connectivity index is 1.57. The molecule has 1 aromatic carbocycles. The number of hydrogen-bond acceptors (Lipinski definition) is 7. The van der Waals surface area contributed by atoms with Crippen molar-refractivity contribution in [3.63, 3.8) is 0 Å². The molecule has 8 heteroatoms. The number of nitrogens with one attached hydrogen (secondary N) is 1. The summed E-state index contributed by atoms with van der Waals surface area (Å²) < 4.78 is 28.7. The molecular weight excluding hydrogens is 352 g/mol. The first-order chi connectivity index (χ1) is 13.0. The maximum Gasteiger partial charge on any atom is 0.262 e. The summed E-state index contributed by atoms with van der Waals surface area (Å²) in [7, 11) is 0. The van der Waals surface area contributed by atoms with Crippen LogP contribution in [0.3, 0.4) is 0 Å². The van der Waals surface area contributed by atoms with Gasteiger partial charge in [0.05, 0.1) is 31.7 Å². The second kappa shape index (κ2) is 7.46. The van der Waals surface area contributed by atoms with Crippen LogP contribution in [-0.2, 0) is 14.2 Å². The van der Waals surface area contributed by atoms with Gasteiger partial charge in [0, 0.05) is 25.0 Å². The lowest BCUT2D eigenvalue weighted by Gasteiger charge is -2.24. The van der Waals surface area contributed by atoms with Gasteiger partial charge in [-0.25, -0.2) is 4.98 Å². The van der Waals surface area contributed by atoms with Gasteiger partial charge in [-0.15, -0.1) is 0 Å². The molecule has 146 valence electrons. The Morgan fingerprint density at radius 3 is 2.85 bits per heavy atom. The van der Waals surface area contributed by atoms with Crippen LogP contribution in [0, 0.1) is 0 Å². The van der Waals surface area contributed by atoms with E-state index in [2.05, 4.69) is 9.97 Å². The van der Waals surface area contributed by atoms with Gasteiger partial charge in [0.25, 0.3) is 5.56 Å². The quantitative estimate of drug-likeness (QED) is 0.853. The Bertz CT molecular complexity index is 859. The minimum atomic E-state index is -0.594. The van der Waals surface area contributed by atoms with E-state index in [1.165, 1.54) is 6.33 Å². The number of H-pyrrole nitrogens is 1. The standard InChI is InChI=1S/C19H24N2O6/c1-19(2)25-10-14(27-19)9-24-13-7-15-17(18(22)21-11-20-15)16(8-13)26-12-3-5-23-6-4-12/h7-8,11-12,14H,3-6,9-10H2,1-2H3,(H,20,21,22)/t14-/m0/s1. The summed E-state index contributed by atoms with van der Waals surface area (Å²) in [5.74, 6) is 0.465. The zero-order chi connectivity index (χ0) is 18.9. The number of hydrogen-bond donors (Lipinski definition) is 1. The lowest BCUT2D eigenvalue weighted by atomic mass is 10.1. The maximum absolute atomic E-state index is 12.3. The van der Waals surface area contributed by atoms with Crippen molar-refractivity contribution in [1.29, 1.82) is 0 Å². The minimum absolute atomic E-state index is 0.00386. The first kappa shape index (κ1) is 18.2. The predicted molar refractivity (Wildman–Crippen MR) is 97.2 cm³/mol. The molecule has 0 amide bonds. The van der Waals surface area contributed by atoms with Crippen LogP contribution in [0.15, 0.2) is 23.3 Å². The van der Waals surface area contributed by atoms with Crippen molar-refractivity contribution in [2.24, 2.45) is 0 Å². The summed E-state index contributed by atoms with van der Waals surface area (Å²) in [6.07, 6.45) is 2.80. The average molecular weight is 376 g/mol. The molecule has 0 saturated carbocycles. The highest BCUT2D eigenvalue weighted by atomic mass is 16.7. The largest absolute Gasteiger partial charge is 0.491 e. The lowest BCUT2D eigenvalue weighted by Crippen LogP contribution is -2.26. The van der Waals surface area contributed by atoms with E-state index in [1.807, 2.05) is 13.8 Å². The van der Waals surface area contributed by atoms with Gasteiger partial charge < -0.3 is 28.7 Å². The van der Waals surface area contributed by atoms with Crippen molar-refractivity contribution in [3.05, 3.63) is 28.8 Å². The first-order valence-corrected chi connectivity index (χ1v) is 9.20. The second-order valence-electron chi connectivity index (χ2n) is 7.24. The van der Waals surface area contributed by atoms with Crippen LogP contribution < -0.4 is 15.0 Å². The van der Waals surface area contributed by atoms with E-state index in [9.17, 15) is 4.79 Å². The number of benzene rings is 1. The molecule has 1 N–H and O–H groups in total. The molecule has 0 spiro atoms. The number of fused-ring (bicyclic) bond motifs is 1. The van der Waals surface area contributed by atoms with Crippen molar-refractivity contribution < 1.29 is 23.7 Å². The summed E-state index contributed by atoms with van der Waals surface area (Å²) in [6, 6.07) is 3.48. The smallest absolute Gasteiger partial charge is 0.262 e. The molecule has 2 saturated heterocycles. The monoisotopic (exact) mass is 376 g/mol. The van der Waals surface area contributed by atoms with E-state index in [0.717, 1.165) is 12.8 Å². The van der Waals surface area contributed by atoms with Gasteiger partial charge in [0.15, 0.2) is 5.79 Å². The fraction of sp³-hybridized carbons (Fsp3) is 0.579. The minimum Gasteiger partial charge on any atom is -0.491 e. The predicted octanol–water partition coefficient (Wildman–Crippen LogP) is 2.01. The van der Waals surface area contributed by atoms with Crippen molar-refractivity contribution in [2.45, 2.75) is 44.7 Å². The van der Waals surface area contributed by atoms with E-state index in [0.29, 0.717) is 48.8 Å².